The second kappa shape index (κ2) is 13.7. The number of aliphatic hydroxyl groups excluding tert-OH is 4. The summed E-state index contributed by atoms with van der Waals surface area (Å²) in [5.41, 5.74) is 0. The van der Waals surface area contributed by atoms with E-state index in [4.69, 9.17) is 20.4 Å². The molecule has 0 amide bonds. The molecule has 2 atom stereocenters. The Morgan fingerprint density at radius 1 is 0.677 bits per heavy atom. The number of halogens is 3. The largest absolute Gasteiger partial charge is 0.393 e. The van der Waals surface area contributed by atoms with Crippen LogP contribution in [-0.4, -0.2) is 69.8 Å². The summed E-state index contributed by atoms with van der Waals surface area (Å²) in [7, 11) is 0. The third-order valence-corrected chi connectivity index (χ3v) is 2.97. The normalized spacial score (nSPS) is 11.8. The molecule has 0 aliphatic rings. The van der Waals surface area contributed by atoms with Crippen molar-refractivity contribution in [1.29, 1.82) is 0 Å². The van der Waals surface area contributed by atoms with Crippen LogP contribution in [0.15, 0.2) is 37.2 Å². The highest BCUT2D eigenvalue weighted by atomic mass is 19.1. The second-order valence-electron chi connectivity index (χ2n) is 5.29. The minimum atomic E-state index is -1.13. The van der Waals surface area contributed by atoms with Gasteiger partial charge in [-0.2, -0.15) is 0 Å². The van der Waals surface area contributed by atoms with Crippen LogP contribution in [0.2, 0.25) is 0 Å². The fourth-order valence-electron chi connectivity index (χ4n) is 1.54. The summed E-state index contributed by atoms with van der Waals surface area (Å²) in [6.07, 6.45) is 3.81. The molecular weight excluding hydrogens is 425 g/mol. The molecule has 0 aliphatic heterocycles. The lowest BCUT2D eigenvalue weighted by atomic mass is 10.3. The summed E-state index contributed by atoms with van der Waals surface area (Å²) in [6.45, 7) is -0.933. The Labute approximate surface area is 173 Å². The smallest absolute Gasteiger partial charge is 0.192 e. The lowest BCUT2D eigenvalue weighted by molar-refractivity contribution is 0.0884. The molecule has 0 fully saturated rings. The third-order valence-electron chi connectivity index (χ3n) is 2.97. The van der Waals surface area contributed by atoms with Gasteiger partial charge < -0.3 is 20.4 Å². The van der Waals surface area contributed by atoms with Crippen LogP contribution < -0.4 is 0 Å². The van der Waals surface area contributed by atoms with Crippen molar-refractivity contribution < 1.29 is 38.4 Å². The molecule has 11 nitrogen and oxygen atoms in total. The van der Waals surface area contributed by atoms with Gasteiger partial charge in [-0.05, 0) is 0 Å². The maximum Gasteiger partial charge on any atom is 0.192 e. The number of carbonyl (C=O) groups excluding carboxylic acids is 1. The molecule has 3 aromatic heterocycles. The highest BCUT2D eigenvalue weighted by Crippen LogP contribution is 2.05. The zero-order chi connectivity index (χ0) is 23.2. The van der Waals surface area contributed by atoms with Gasteiger partial charge in [0.2, 0.25) is 0 Å². The standard InChI is InChI=1S/2C6H7FN2O2.C5H3FN2O/c2*7-4-1-8-6(9-2-4)5(11)3-10;6-4-1-7-5(3-9)8-2-4/h2*1-2,5,10-11H,3H2;1-3H/t2*5-;/m10./s1. The number of aliphatic hydroxyl groups is 4. The first kappa shape index (κ1) is 25.6. The summed E-state index contributed by atoms with van der Waals surface area (Å²) < 4.78 is 36.4. The molecule has 14 heteroatoms. The van der Waals surface area contributed by atoms with Crippen molar-refractivity contribution in [3.63, 3.8) is 0 Å². The molecule has 3 aromatic rings. The highest BCUT2D eigenvalue weighted by molar-refractivity contribution is 5.68. The van der Waals surface area contributed by atoms with Gasteiger partial charge in [0, 0.05) is 0 Å². The van der Waals surface area contributed by atoms with Gasteiger partial charge in [0.05, 0.1) is 50.4 Å². The van der Waals surface area contributed by atoms with Gasteiger partial charge >= 0.3 is 0 Å². The summed E-state index contributed by atoms with van der Waals surface area (Å²) in [4.78, 5) is 30.4. The minimum absolute atomic E-state index is 0.00333. The van der Waals surface area contributed by atoms with Crippen molar-refractivity contribution >= 4 is 6.29 Å². The van der Waals surface area contributed by atoms with Crippen LogP contribution in [-0.2, 0) is 0 Å². The van der Waals surface area contributed by atoms with Gasteiger partial charge in [-0.25, -0.2) is 43.1 Å². The van der Waals surface area contributed by atoms with Gasteiger partial charge in [-0.1, -0.05) is 0 Å². The lowest BCUT2D eigenvalue weighted by Crippen LogP contribution is -2.07. The summed E-state index contributed by atoms with van der Waals surface area (Å²) in [6, 6.07) is 0. The first-order valence-corrected chi connectivity index (χ1v) is 8.26. The zero-order valence-corrected chi connectivity index (χ0v) is 15.6. The molecule has 0 saturated carbocycles. The van der Waals surface area contributed by atoms with E-state index < -0.39 is 42.9 Å². The maximum absolute atomic E-state index is 12.2. The van der Waals surface area contributed by atoms with Crippen LogP contribution in [0.1, 0.15) is 34.5 Å². The average molecular weight is 442 g/mol. The Hall–Kier alpha value is -3.46. The van der Waals surface area contributed by atoms with E-state index in [0.717, 1.165) is 37.2 Å². The molecule has 0 radical (unpaired) electrons. The Kier molecular flexibility index (Phi) is 11.3. The van der Waals surface area contributed by atoms with Crippen LogP contribution in [0.4, 0.5) is 13.2 Å². The molecule has 0 bridgehead atoms. The SMILES string of the molecule is O=Cc1ncc(F)cn1.OC[C@@H](O)c1ncc(F)cn1.OC[C@H](O)c1ncc(F)cn1. The van der Waals surface area contributed by atoms with Gasteiger partial charge in [0.25, 0.3) is 0 Å². The summed E-state index contributed by atoms with van der Waals surface area (Å²) in [5, 5.41) is 34.7. The van der Waals surface area contributed by atoms with Crippen LogP contribution in [0, 0.1) is 17.5 Å². The number of aromatic nitrogens is 6. The molecule has 0 aliphatic carbocycles. The zero-order valence-electron chi connectivity index (χ0n) is 15.6. The molecular formula is C17H17F3N6O5. The molecule has 166 valence electrons. The Morgan fingerprint density at radius 2 is 0.968 bits per heavy atom. The van der Waals surface area contributed by atoms with E-state index in [2.05, 4.69) is 29.9 Å². The van der Waals surface area contributed by atoms with Crippen LogP contribution in [0.3, 0.4) is 0 Å². The van der Waals surface area contributed by atoms with Crippen molar-refractivity contribution in [2.24, 2.45) is 0 Å². The number of nitrogens with zero attached hydrogens (tertiary/aromatic N) is 6. The monoisotopic (exact) mass is 442 g/mol. The van der Waals surface area contributed by atoms with Crippen LogP contribution in [0.5, 0.6) is 0 Å². The van der Waals surface area contributed by atoms with Crippen LogP contribution in [0.25, 0.3) is 0 Å². The fourth-order valence-corrected chi connectivity index (χ4v) is 1.54. The molecule has 0 saturated heterocycles. The molecule has 31 heavy (non-hydrogen) atoms. The Balaban J connectivity index is 0.000000234. The third kappa shape index (κ3) is 9.72. The molecule has 0 unspecified atom stereocenters. The molecule has 3 heterocycles. The molecule has 0 spiro atoms. The summed E-state index contributed by atoms with van der Waals surface area (Å²) >= 11 is 0. The highest BCUT2D eigenvalue weighted by Gasteiger charge is 2.08. The quantitative estimate of drug-likeness (QED) is 0.382. The van der Waals surface area contributed by atoms with Crippen LogP contribution >= 0.6 is 0 Å². The van der Waals surface area contributed by atoms with Crippen molar-refractivity contribution in [3.8, 4) is 0 Å². The first-order chi connectivity index (χ1) is 14.8. The molecule has 3 rings (SSSR count). The van der Waals surface area contributed by atoms with Crippen molar-refractivity contribution in [2.45, 2.75) is 12.2 Å². The number of hydrogen-bond acceptors (Lipinski definition) is 11. The lowest BCUT2D eigenvalue weighted by Gasteiger charge is -2.02. The number of hydrogen-bond donors (Lipinski definition) is 4. The second-order valence-corrected chi connectivity index (χ2v) is 5.29. The Bertz CT molecular complexity index is 852. The van der Waals surface area contributed by atoms with Crippen molar-refractivity contribution in [1.82, 2.24) is 29.9 Å². The molecule has 0 aromatic carbocycles. The summed E-state index contributed by atoms with van der Waals surface area (Å²) in [5.74, 6) is -1.64. The topological polar surface area (TPSA) is 175 Å². The number of rotatable bonds is 5. The van der Waals surface area contributed by atoms with Gasteiger partial charge in [-0.3, -0.25) is 4.79 Å². The van der Waals surface area contributed by atoms with E-state index in [-0.39, 0.29) is 17.5 Å². The van der Waals surface area contributed by atoms with Gasteiger partial charge in [0.1, 0.15) is 12.2 Å². The minimum Gasteiger partial charge on any atom is -0.393 e. The van der Waals surface area contributed by atoms with E-state index >= 15 is 0 Å². The average Bonchev–Trinajstić information content (AvgIpc) is 2.80. The fraction of sp³-hybridized carbons (Fsp3) is 0.235. The van der Waals surface area contributed by atoms with E-state index in [1.165, 1.54) is 0 Å². The maximum atomic E-state index is 12.2. The van der Waals surface area contributed by atoms with Crippen molar-refractivity contribution in [2.75, 3.05) is 13.2 Å². The van der Waals surface area contributed by atoms with Gasteiger partial charge in [0.15, 0.2) is 41.2 Å². The predicted octanol–water partition coefficient (Wildman–Crippen LogP) is -0.289. The predicted molar refractivity (Wildman–Crippen MR) is 95.4 cm³/mol. The van der Waals surface area contributed by atoms with E-state index in [1.54, 1.807) is 0 Å². The Morgan fingerprint density at radius 3 is 1.23 bits per heavy atom. The van der Waals surface area contributed by atoms with Gasteiger partial charge in [-0.15, -0.1) is 0 Å². The van der Waals surface area contributed by atoms with E-state index in [9.17, 15) is 18.0 Å². The van der Waals surface area contributed by atoms with E-state index in [0.29, 0.717) is 6.29 Å². The number of aldehydes is 1. The van der Waals surface area contributed by atoms with Crippen molar-refractivity contribution in [3.05, 3.63) is 72.1 Å². The molecule has 4 N–H and O–H groups in total. The number of carbonyl (C=O) groups is 1. The van der Waals surface area contributed by atoms with E-state index in [1.807, 2.05) is 0 Å². The first-order valence-electron chi connectivity index (χ1n) is 8.26.